The Morgan fingerprint density at radius 1 is 1.08 bits per heavy atom. The summed E-state index contributed by atoms with van der Waals surface area (Å²) < 4.78 is 12.4. The molecule has 0 saturated carbocycles. The van der Waals surface area contributed by atoms with Gasteiger partial charge in [-0.05, 0) is 83.5 Å². The normalized spacial score (nSPS) is 14.9. The Kier molecular flexibility index (Phi) is 8.16. The molecule has 0 N–H and O–H groups in total. The van der Waals surface area contributed by atoms with Gasteiger partial charge in [0.1, 0.15) is 11.4 Å². The van der Waals surface area contributed by atoms with Crippen LogP contribution in [0.15, 0.2) is 53.0 Å². The Bertz CT molecular complexity index is 1270. The van der Waals surface area contributed by atoms with Crippen molar-refractivity contribution in [3.8, 4) is 5.75 Å². The number of imide groups is 1. The highest BCUT2D eigenvalue weighted by Gasteiger charge is 2.39. The minimum atomic E-state index is -1.14. The van der Waals surface area contributed by atoms with E-state index >= 15 is 0 Å². The first kappa shape index (κ1) is 27.7. The summed E-state index contributed by atoms with van der Waals surface area (Å²) in [6.45, 7) is 10.5. The lowest BCUT2D eigenvalue weighted by molar-refractivity contribution is -0.126. The molecule has 6 nitrogen and oxygen atoms in total. The lowest BCUT2D eigenvalue weighted by Gasteiger charge is -2.25. The zero-order chi connectivity index (χ0) is 26.8. The van der Waals surface area contributed by atoms with Crippen molar-refractivity contribution in [2.75, 3.05) is 4.90 Å². The maximum atomic E-state index is 13.5. The molecule has 0 atom stereocenters. The molecule has 2 amide bonds. The molecule has 1 heterocycles. The molecular weight excluding hydrogens is 546 g/mol. The summed E-state index contributed by atoms with van der Waals surface area (Å²) in [6.07, 6.45) is 4.87. The maximum Gasteiger partial charge on any atom is 0.422 e. The topological polar surface area (TPSA) is 72.9 Å². The smallest absolute Gasteiger partial charge is 0.422 e. The molecule has 0 aliphatic carbocycles. The number of ether oxygens (including phenoxy) is 2. The number of halogens is 2. The Hall–Kier alpha value is -2.90. The predicted octanol–water partition coefficient (Wildman–Crippen LogP) is 7.62. The van der Waals surface area contributed by atoms with Gasteiger partial charge in [-0.3, -0.25) is 9.59 Å². The van der Waals surface area contributed by atoms with Crippen LogP contribution in [0.2, 0.25) is 5.02 Å². The van der Waals surface area contributed by atoms with Crippen LogP contribution >= 0.6 is 27.5 Å². The quantitative estimate of drug-likeness (QED) is 0.332. The highest BCUT2D eigenvalue weighted by molar-refractivity contribution is 9.10. The zero-order valence-electron chi connectivity index (χ0n) is 21.1. The third-order valence-electron chi connectivity index (χ3n) is 5.24. The molecule has 2 aromatic carbocycles. The predicted molar refractivity (Wildman–Crippen MR) is 146 cm³/mol. The average Bonchev–Trinajstić information content (AvgIpc) is 3.03. The first-order chi connectivity index (χ1) is 16.7. The van der Waals surface area contributed by atoms with Crippen LogP contribution < -0.4 is 9.64 Å². The molecule has 2 aromatic rings. The fourth-order valence-corrected chi connectivity index (χ4v) is 4.07. The molecule has 1 aliphatic rings. The first-order valence-corrected chi connectivity index (χ1v) is 12.7. The highest BCUT2D eigenvalue weighted by atomic mass is 79.9. The summed E-state index contributed by atoms with van der Waals surface area (Å²) in [4.78, 5) is 40.1. The number of allylic oxidation sites excluding steroid dienone is 1. The van der Waals surface area contributed by atoms with E-state index in [2.05, 4.69) is 15.9 Å². The summed E-state index contributed by atoms with van der Waals surface area (Å²) in [5, 5.41) is 0.378. The fraction of sp³-hybridized carbons (Fsp3) is 0.321. The van der Waals surface area contributed by atoms with Crippen molar-refractivity contribution in [1.82, 2.24) is 0 Å². The minimum Gasteiger partial charge on any atom is -0.479 e. The first-order valence-electron chi connectivity index (χ1n) is 11.5. The van der Waals surface area contributed by atoms with Crippen LogP contribution in [0.25, 0.3) is 11.6 Å². The molecule has 36 heavy (non-hydrogen) atoms. The molecule has 3 rings (SSSR count). The van der Waals surface area contributed by atoms with Gasteiger partial charge in [0.25, 0.3) is 5.91 Å². The highest BCUT2D eigenvalue weighted by Crippen LogP contribution is 2.41. The Balaban J connectivity index is 2.09. The average molecular weight is 575 g/mol. The second kappa shape index (κ2) is 10.6. The van der Waals surface area contributed by atoms with Crippen molar-refractivity contribution >= 4 is 62.7 Å². The number of carbonyl (C=O) groups excluding carboxylic acids is 3. The SMILES string of the molecule is CC/C=C\C(=O)C(C)(C)Oc1ccc(Br)cc1/C=C1/C(=O)N(C(=O)OC(C)(C)C)c2cc(Cl)ccc21. The number of hydrogen-bond acceptors (Lipinski definition) is 5. The number of rotatable bonds is 6. The van der Waals surface area contributed by atoms with E-state index in [0.717, 1.165) is 15.8 Å². The molecule has 0 radical (unpaired) electrons. The number of nitrogens with zero attached hydrogens (tertiary/aromatic N) is 1. The molecule has 8 heteroatoms. The number of fused-ring (bicyclic) bond motifs is 1. The van der Waals surface area contributed by atoms with E-state index in [9.17, 15) is 14.4 Å². The van der Waals surface area contributed by atoms with Crippen LogP contribution in [0, 0.1) is 0 Å². The summed E-state index contributed by atoms with van der Waals surface area (Å²) in [7, 11) is 0. The molecule has 190 valence electrons. The van der Waals surface area contributed by atoms with E-state index in [1.165, 1.54) is 6.08 Å². The molecule has 0 unspecified atom stereocenters. The van der Waals surface area contributed by atoms with E-state index in [1.807, 2.05) is 6.92 Å². The van der Waals surface area contributed by atoms with Gasteiger partial charge in [0.2, 0.25) is 0 Å². The summed E-state index contributed by atoms with van der Waals surface area (Å²) in [6, 6.07) is 10.2. The van der Waals surface area contributed by atoms with Crippen molar-refractivity contribution in [2.24, 2.45) is 0 Å². The van der Waals surface area contributed by atoms with Crippen molar-refractivity contribution in [3.05, 3.63) is 69.2 Å². The standard InChI is InChI=1S/C28H29BrClNO5/c1-7-8-9-24(32)28(5,6)35-23-13-10-18(29)14-17(23)15-21-20-12-11-19(30)16-22(20)31(25(21)33)26(34)36-27(2,3)4/h8-16H,7H2,1-6H3/b9-8-,21-15+. The summed E-state index contributed by atoms with van der Waals surface area (Å²) >= 11 is 9.66. The van der Waals surface area contributed by atoms with E-state index < -0.39 is 23.2 Å². The molecular formula is C28H29BrClNO5. The molecule has 0 aromatic heterocycles. The number of ketones is 1. The van der Waals surface area contributed by atoms with E-state index in [1.54, 1.807) is 83.2 Å². The second-order valence-corrected chi connectivity index (χ2v) is 11.2. The number of hydrogen-bond donors (Lipinski definition) is 0. The zero-order valence-corrected chi connectivity index (χ0v) is 23.5. The van der Waals surface area contributed by atoms with Crippen molar-refractivity contribution in [1.29, 1.82) is 0 Å². The van der Waals surface area contributed by atoms with Gasteiger partial charge in [-0.25, -0.2) is 9.69 Å². The van der Waals surface area contributed by atoms with Gasteiger partial charge in [0.15, 0.2) is 11.4 Å². The van der Waals surface area contributed by atoms with Gasteiger partial charge in [0, 0.05) is 20.6 Å². The number of amides is 2. The molecule has 0 bridgehead atoms. The monoisotopic (exact) mass is 573 g/mol. The third kappa shape index (κ3) is 6.26. The van der Waals surface area contributed by atoms with Gasteiger partial charge >= 0.3 is 6.09 Å². The van der Waals surface area contributed by atoms with Crippen LogP contribution in [0.5, 0.6) is 5.75 Å². The van der Waals surface area contributed by atoms with Crippen LogP contribution in [0.4, 0.5) is 10.5 Å². The van der Waals surface area contributed by atoms with E-state index in [-0.39, 0.29) is 11.4 Å². The molecule has 1 aliphatic heterocycles. The van der Waals surface area contributed by atoms with Crippen LogP contribution in [0.3, 0.4) is 0 Å². The summed E-state index contributed by atoms with van der Waals surface area (Å²) in [5.74, 6) is -0.319. The minimum absolute atomic E-state index is 0.182. The van der Waals surface area contributed by atoms with Gasteiger partial charge in [-0.15, -0.1) is 0 Å². The number of carbonyl (C=O) groups is 3. The van der Waals surface area contributed by atoms with Crippen LogP contribution in [0.1, 0.15) is 59.1 Å². The Morgan fingerprint density at radius 2 is 1.78 bits per heavy atom. The van der Waals surface area contributed by atoms with Gasteiger partial charge in [0.05, 0.1) is 11.3 Å². The molecule has 0 fully saturated rings. The van der Waals surface area contributed by atoms with Crippen LogP contribution in [-0.2, 0) is 14.3 Å². The summed E-state index contributed by atoms with van der Waals surface area (Å²) in [5.41, 5.74) is -0.239. The third-order valence-corrected chi connectivity index (χ3v) is 5.96. The van der Waals surface area contributed by atoms with E-state index in [4.69, 9.17) is 21.1 Å². The fourth-order valence-electron chi connectivity index (χ4n) is 3.52. The maximum absolute atomic E-state index is 13.5. The second-order valence-electron chi connectivity index (χ2n) is 9.81. The molecule has 0 saturated heterocycles. The lowest BCUT2D eigenvalue weighted by Crippen LogP contribution is -2.38. The Morgan fingerprint density at radius 3 is 2.42 bits per heavy atom. The van der Waals surface area contributed by atoms with Crippen LogP contribution in [-0.4, -0.2) is 29.0 Å². The van der Waals surface area contributed by atoms with Crippen molar-refractivity contribution in [3.63, 3.8) is 0 Å². The van der Waals surface area contributed by atoms with Gasteiger partial charge in [-0.1, -0.05) is 46.6 Å². The molecule has 0 spiro atoms. The van der Waals surface area contributed by atoms with Gasteiger partial charge in [-0.2, -0.15) is 0 Å². The largest absolute Gasteiger partial charge is 0.479 e. The number of anilines is 1. The lowest BCUT2D eigenvalue weighted by atomic mass is 10.0. The van der Waals surface area contributed by atoms with Crippen molar-refractivity contribution in [2.45, 2.75) is 59.2 Å². The Labute approximate surface area is 225 Å². The van der Waals surface area contributed by atoms with E-state index in [0.29, 0.717) is 27.6 Å². The van der Waals surface area contributed by atoms with Gasteiger partial charge < -0.3 is 9.47 Å². The van der Waals surface area contributed by atoms with Crippen molar-refractivity contribution < 1.29 is 23.9 Å². The number of benzene rings is 2.